The number of piperazine rings is 1. The Kier molecular flexibility index (Phi) is 4.66. The van der Waals surface area contributed by atoms with Crippen LogP contribution in [-0.2, 0) is 9.59 Å². The summed E-state index contributed by atoms with van der Waals surface area (Å²) >= 11 is 0. The number of fused-ring (bicyclic) bond motifs is 1. The van der Waals surface area contributed by atoms with Gasteiger partial charge in [0.2, 0.25) is 11.8 Å². The fourth-order valence-corrected chi connectivity index (χ4v) is 3.61. The standard InChI is InChI=1S/C18H25N3O2/c1-11-7-8-13(12(2)9-11)20-17(22)10-16-18(23)21-15-6-4-3-5-14(15)19-16/h7-9,14-16,19H,3-6,10H2,1-2H3,(H,20,22)(H,21,23)/t14-,15-,16+/m1/s1. The second-order valence-electron chi connectivity index (χ2n) is 6.80. The number of benzene rings is 1. The second kappa shape index (κ2) is 6.71. The number of anilines is 1. The van der Waals surface area contributed by atoms with Gasteiger partial charge >= 0.3 is 0 Å². The van der Waals surface area contributed by atoms with E-state index in [9.17, 15) is 9.59 Å². The lowest BCUT2D eigenvalue weighted by Crippen LogP contribution is -2.65. The van der Waals surface area contributed by atoms with Gasteiger partial charge in [-0.2, -0.15) is 0 Å². The summed E-state index contributed by atoms with van der Waals surface area (Å²) in [5, 5.41) is 9.37. The molecule has 1 aliphatic carbocycles. The van der Waals surface area contributed by atoms with Gasteiger partial charge in [0.1, 0.15) is 0 Å². The highest BCUT2D eigenvalue weighted by atomic mass is 16.2. The molecule has 3 N–H and O–H groups in total. The van der Waals surface area contributed by atoms with Crippen molar-refractivity contribution in [3.63, 3.8) is 0 Å². The highest BCUT2D eigenvalue weighted by molar-refractivity contribution is 5.96. The van der Waals surface area contributed by atoms with E-state index < -0.39 is 6.04 Å². The summed E-state index contributed by atoms with van der Waals surface area (Å²) in [6, 6.07) is 6.03. The molecule has 1 aromatic rings. The molecule has 0 unspecified atom stereocenters. The summed E-state index contributed by atoms with van der Waals surface area (Å²) in [6.45, 7) is 4.00. The first-order chi connectivity index (χ1) is 11.0. The molecular formula is C18H25N3O2. The molecule has 0 bridgehead atoms. The SMILES string of the molecule is Cc1ccc(NC(=O)C[C@@H]2N[C@@H]3CCCC[C@H]3NC2=O)c(C)c1. The van der Waals surface area contributed by atoms with Crippen LogP contribution in [0.5, 0.6) is 0 Å². The molecule has 3 atom stereocenters. The zero-order valence-corrected chi connectivity index (χ0v) is 13.8. The molecule has 2 amide bonds. The third kappa shape index (κ3) is 3.72. The van der Waals surface area contributed by atoms with Gasteiger partial charge in [-0.1, -0.05) is 30.5 Å². The Labute approximate surface area is 137 Å². The molecular weight excluding hydrogens is 290 g/mol. The van der Waals surface area contributed by atoms with Gasteiger partial charge in [0, 0.05) is 17.8 Å². The van der Waals surface area contributed by atoms with E-state index in [0.29, 0.717) is 6.04 Å². The maximum Gasteiger partial charge on any atom is 0.237 e. The van der Waals surface area contributed by atoms with Crippen molar-refractivity contribution in [2.24, 2.45) is 0 Å². The van der Waals surface area contributed by atoms with E-state index in [1.54, 1.807) is 0 Å². The van der Waals surface area contributed by atoms with Crippen LogP contribution < -0.4 is 16.0 Å². The van der Waals surface area contributed by atoms with Gasteiger partial charge in [0.05, 0.1) is 12.5 Å². The zero-order chi connectivity index (χ0) is 16.4. The van der Waals surface area contributed by atoms with E-state index in [2.05, 4.69) is 16.0 Å². The molecule has 23 heavy (non-hydrogen) atoms. The predicted molar refractivity (Wildman–Crippen MR) is 90.3 cm³/mol. The quantitative estimate of drug-likeness (QED) is 0.799. The molecule has 5 nitrogen and oxygen atoms in total. The van der Waals surface area contributed by atoms with Crippen LogP contribution in [0.4, 0.5) is 5.69 Å². The largest absolute Gasteiger partial charge is 0.350 e. The van der Waals surface area contributed by atoms with Gasteiger partial charge in [-0.15, -0.1) is 0 Å². The summed E-state index contributed by atoms with van der Waals surface area (Å²) in [5.41, 5.74) is 3.01. The number of hydrogen-bond acceptors (Lipinski definition) is 3. The van der Waals surface area contributed by atoms with Crippen molar-refractivity contribution in [2.75, 3.05) is 5.32 Å². The fourth-order valence-electron chi connectivity index (χ4n) is 3.61. The molecule has 1 saturated heterocycles. The van der Waals surface area contributed by atoms with Gasteiger partial charge in [0.15, 0.2) is 0 Å². The van der Waals surface area contributed by atoms with E-state index >= 15 is 0 Å². The summed E-state index contributed by atoms with van der Waals surface area (Å²) < 4.78 is 0. The average Bonchev–Trinajstić information content (AvgIpc) is 2.51. The van der Waals surface area contributed by atoms with E-state index in [-0.39, 0.29) is 24.3 Å². The minimum atomic E-state index is -0.430. The van der Waals surface area contributed by atoms with Gasteiger partial charge < -0.3 is 16.0 Å². The fraction of sp³-hybridized carbons (Fsp3) is 0.556. The van der Waals surface area contributed by atoms with Crippen LogP contribution in [0.1, 0.15) is 43.2 Å². The highest BCUT2D eigenvalue weighted by Crippen LogP contribution is 2.22. The van der Waals surface area contributed by atoms with Crippen molar-refractivity contribution in [1.82, 2.24) is 10.6 Å². The maximum atomic E-state index is 12.3. The molecule has 0 spiro atoms. The summed E-state index contributed by atoms with van der Waals surface area (Å²) in [4.78, 5) is 24.5. The summed E-state index contributed by atoms with van der Waals surface area (Å²) in [7, 11) is 0. The normalized spacial score (nSPS) is 27.0. The number of aryl methyl sites for hydroxylation is 2. The summed E-state index contributed by atoms with van der Waals surface area (Å²) in [6.07, 6.45) is 4.62. The minimum absolute atomic E-state index is 0.0519. The van der Waals surface area contributed by atoms with Crippen LogP contribution >= 0.6 is 0 Å². The van der Waals surface area contributed by atoms with Crippen LogP contribution in [-0.4, -0.2) is 29.9 Å². The Morgan fingerprint density at radius 3 is 2.70 bits per heavy atom. The molecule has 1 saturated carbocycles. The molecule has 3 rings (SSSR count). The zero-order valence-electron chi connectivity index (χ0n) is 13.8. The molecule has 0 aromatic heterocycles. The molecule has 1 heterocycles. The third-order valence-electron chi connectivity index (χ3n) is 4.87. The molecule has 124 valence electrons. The number of carbonyl (C=O) groups excluding carboxylic acids is 2. The number of amides is 2. The highest BCUT2D eigenvalue weighted by Gasteiger charge is 2.36. The Morgan fingerprint density at radius 1 is 1.22 bits per heavy atom. The van der Waals surface area contributed by atoms with Crippen LogP contribution in [0.2, 0.25) is 0 Å². The van der Waals surface area contributed by atoms with E-state index in [1.807, 2.05) is 32.0 Å². The molecule has 2 aliphatic rings. The lowest BCUT2D eigenvalue weighted by atomic mass is 9.87. The summed E-state index contributed by atoms with van der Waals surface area (Å²) in [5.74, 6) is -0.178. The van der Waals surface area contributed by atoms with Crippen LogP contribution in [0.3, 0.4) is 0 Å². The monoisotopic (exact) mass is 315 g/mol. The third-order valence-corrected chi connectivity index (χ3v) is 4.87. The molecule has 1 aliphatic heterocycles. The lowest BCUT2D eigenvalue weighted by molar-refractivity contribution is -0.129. The van der Waals surface area contributed by atoms with Gasteiger partial charge in [-0.3, -0.25) is 9.59 Å². The number of carbonyl (C=O) groups is 2. The second-order valence-corrected chi connectivity index (χ2v) is 6.80. The van der Waals surface area contributed by atoms with Crippen molar-refractivity contribution < 1.29 is 9.59 Å². The average molecular weight is 315 g/mol. The van der Waals surface area contributed by atoms with Crippen LogP contribution in [0, 0.1) is 13.8 Å². The topological polar surface area (TPSA) is 70.2 Å². The van der Waals surface area contributed by atoms with E-state index in [4.69, 9.17) is 0 Å². The predicted octanol–water partition coefficient (Wildman–Crippen LogP) is 2.03. The van der Waals surface area contributed by atoms with Crippen molar-refractivity contribution in [3.05, 3.63) is 29.3 Å². The van der Waals surface area contributed by atoms with E-state index in [0.717, 1.165) is 29.7 Å². The molecule has 5 heteroatoms. The molecule has 1 aromatic carbocycles. The first-order valence-electron chi connectivity index (χ1n) is 8.46. The van der Waals surface area contributed by atoms with Crippen LogP contribution in [0.25, 0.3) is 0 Å². The number of rotatable bonds is 3. The Balaban J connectivity index is 1.59. The smallest absolute Gasteiger partial charge is 0.237 e. The maximum absolute atomic E-state index is 12.3. The number of hydrogen-bond donors (Lipinski definition) is 3. The lowest BCUT2D eigenvalue weighted by Gasteiger charge is -2.40. The van der Waals surface area contributed by atoms with Crippen molar-refractivity contribution in [2.45, 2.75) is 64.1 Å². The van der Waals surface area contributed by atoms with Gasteiger partial charge in [-0.05, 0) is 38.3 Å². The van der Waals surface area contributed by atoms with Gasteiger partial charge in [-0.25, -0.2) is 0 Å². The molecule has 2 fully saturated rings. The molecule has 0 radical (unpaired) electrons. The Morgan fingerprint density at radius 2 is 1.96 bits per heavy atom. The first-order valence-corrected chi connectivity index (χ1v) is 8.46. The Hall–Kier alpha value is -1.88. The number of nitrogens with one attached hydrogen (secondary N) is 3. The van der Waals surface area contributed by atoms with Gasteiger partial charge in [0.25, 0.3) is 0 Å². The van der Waals surface area contributed by atoms with Crippen molar-refractivity contribution in [1.29, 1.82) is 0 Å². The minimum Gasteiger partial charge on any atom is -0.350 e. The Bertz CT molecular complexity index is 614. The van der Waals surface area contributed by atoms with Crippen molar-refractivity contribution >= 4 is 17.5 Å². The van der Waals surface area contributed by atoms with Crippen molar-refractivity contribution in [3.8, 4) is 0 Å². The van der Waals surface area contributed by atoms with E-state index in [1.165, 1.54) is 12.8 Å². The van der Waals surface area contributed by atoms with Crippen LogP contribution in [0.15, 0.2) is 18.2 Å². The first kappa shape index (κ1) is 16.0.